The molecule has 7 aromatic rings. The number of fused-ring (bicyclic) bond motifs is 3. The van der Waals surface area contributed by atoms with E-state index in [2.05, 4.69) is 31.9 Å². The van der Waals surface area contributed by atoms with Crippen molar-refractivity contribution in [2.24, 2.45) is 0 Å². The van der Waals surface area contributed by atoms with Crippen LogP contribution < -0.4 is 31.9 Å². The Hall–Kier alpha value is -9.02. The Labute approximate surface area is 495 Å². The van der Waals surface area contributed by atoms with Crippen LogP contribution in [0.25, 0.3) is 11.1 Å². The van der Waals surface area contributed by atoms with Gasteiger partial charge in [0.05, 0.1) is 10.8 Å². The molecule has 0 radical (unpaired) electrons. The van der Waals surface area contributed by atoms with Crippen molar-refractivity contribution in [1.29, 1.82) is 0 Å². The number of hydrogen-bond donors (Lipinski definition) is 6. The maximum absolute atomic E-state index is 14.6. The molecular weight excluding hydrogens is 1080 g/mol. The lowest BCUT2D eigenvalue weighted by Crippen LogP contribution is -2.60. The average molecular weight is 1150 g/mol. The smallest absolute Gasteiger partial charge is 0.408 e. The van der Waals surface area contributed by atoms with E-state index in [9.17, 15) is 33.6 Å². The number of amides is 6. The Morgan fingerprint density at radius 3 is 1.32 bits per heavy atom. The molecule has 1 aliphatic rings. The fraction of sp³-hybridized carbons (Fsp3) is 0.279. The van der Waals surface area contributed by atoms with Crippen molar-refractivity contribution in [2.75, 3.05) is 18.9 Å². The summed E-state index contributed by atoms with van der Waals surface area (Å²) in [5, 5.41) is 16.6. The zero-order chi connectivity index (χ0) is 59.6. The second-order valence-corrected chi connectivity index (χ2v) is 22.9. The molecule has 15 nitrogen and oxygen atoms in total. The number of carbonyl (C=O) groups excluding carboxylic acids is 7. The number of ether oxygens (including phenoxy) is 2. The predicted octanol–water partition coefficient (Wildman–Crippen LogP) is 9.57. The summed E-state index contributed by atoms with van der Waals surface area (Å²) in [6, 6.07) is 57.7. The van der Waals surface area contributed by atoms with Gasteiger partial charge in [-0.25, -0.2) is 9.59 Å². The number of alkyl carbamates (subject to hydrolysis) is 2. The first-order valence-corrected chi connectivity index (χ1v) is 29.2. The summed E-state index contributed by atoms with van der Waals surface area (Å²) in [6.45, 7) is 7.54. The Morgan fingerprint density at radius 2 is 0.857 bits per heavy atom. The first-order valence-electron chi connectivity index (χ1n) is 28.2. The highest BCUT2D eigenvalue weighted by Crippen LogP contribution is 2.49. The molecule has 6 N–H and O–H groups in total. The van der Waals surface area contributed by atoms with Crippen LogP contribution in [0.5, 0.6) is 0 Å². The molecular formula is C68H72N6O9S. The minimum Gasteiger partial charge on any atom is -0.449 e. The number of thioether (sulfide) groups is 1. The minimum atomic E-state index is -1.51. The van der Waals surface area contributed by atoms with Crippen LogP contribution in [0, 0.1) is 0 Å². The van der Waals surface area contributed by atoms with Crippen LogP contribution in [0.15, 0.2) is 200 Å². The molecule has 0 saturated carbocycles. The van der Waals surface area contributed by atoms with Crippen LogP contribution in [0.3, 0.4) is 0 Å². The standard InChI is InChI=1S/C68H72N6O9S/c1-6-56(62(77)72-60(45(2)75)44-84-68(48-30-16-9-17-31-48,49-32-18-10-19-33-49)50-34-20-11-21-35-50)70-64(79)59(74-66(81)83-67(3,4)5)42-69-61(76)57(40-46-26-12-7-13-27-46)71-63(78)58(41-47-28-14-8-15-29-47)73-65(80)82-43-55-53-38-24-22-36-51(53)52-37-23-25-39-54(52)55/h7-39,55-60H,6,40-44H2,1-5H3,(H,69,76)(H,70,79)(H,71,78)(H,72,77)(H,73,80)(H,74,81)/t56-,57-,58+,59-,60-/m0/s1. The third-order valence-corrected chi connectivity index (χ3v) is 16.1. The van der Waals surface area contributed by atoms with Gasteiger partial charge in [-0.05, 0) is 84.2 Å². The van der Waals surface area contributed by atoms with Crippen molar-refractivity contribution in [3.8, 4) is 11.1 Å². The largest absolute Gasteiger partial charge is 0.449 e. The van der Waals surface area contributed by atoms with Gasteiger partial charge in [-0.15, -0.1) is 11.8 Å². The van der Waals surface area contributed by atoms with Crippen LogP contribution in [0.4, 0.5) is 9.59 Å². The number of carbonyl (C=O) groups is 7. The van der Waals surface area contributed by atoms with Gasteiger partial charge >= 0.3 is 12.2 Å². The van der Waals surface area contributed by atoms with Crippen LogP contribution >= 0.6 is 11.8 Å². The second-order valence-electron chi connectivity index (χ2n) is 21.6. The van der Waals surface area contributed by atoms with Crippen molar-refractivity contribution < 1.29 is 43.0 Å². The van der Waals surface area contributed by atoms with Crippen LogP contribution in [0.2, 0.25) is 0 Å². The number of Topliss-reactive ketones (excluding diaryl/α,β-unsaturated/α-hetero) is 1. The molecule has 84 heavy (non-hydrogen) atoms. The molecule has 0 aliphatic heterocycles. The van der Waals surface area contributed by atoms with Gasteiger partial charge in [0, 0.05) is 31.1 Å². The van der Waals surface area contributed by atoms with Gasteiger partial charge in [-0.1, -0.05) is 207 Å². The lowest BCUT2D eigenvalue weighted by molar-refractivity contribution is -0.132. The number of rotatable bonds is 25. The molecule has 0 bridgehead atoms. The average Bonchev–Trinajstić information content (AvgIpc) is 2.40. The summed E-state index contributed by atoms with van der Waals surface area (Å²) in [5.41, 5.74) is 7.52. The molecule has 0 fully saturated rings. The highest BCUT2D eigenvalue weighted by atomic mass is 32.2. The van der Waals surface area contributed by atoms with Crippen LogP contribution in [-0.2, 0) is 51.0 Å². The van der Waals surface area contributed by atoms with E-state index in [4.69, 9.17) is 9.47 Å². The lowest BCUT2D eigenvalue weighted by Gasteiger charge is -2.36. The summed E-state index contributed by atoms with van der Waals surface area (Å²) < 4.78 is 10.6. The van der Waals surface area contributed by atoms with Crippen LogP contribution in [-0.4, -0.2) is 96.3 Å². The normalized spacial score (nSPS) is 13.7. The molecule has 16 heteroatoms. The first kappa shape index (κ1) is 61.1. The van der Waals surface area contributed by atoms with E-state index in [0.717, 1.165) is 44.5 Å². The van der Waals surface area contributed by atoms with E-state index in [1.807, 2.05) is 176 Å². The summed E-state index contributed by atoms with van der Waals surface area (Å²) in [4.78, 5) is 98.5. The van der Waals surface area contributed by atoms with Gasteiger partial charge in [0.25, 0.3) is 0 Å². The molecule has 8 rings (SSSR count). The van der Waals surface area contributed by atoms with Crippen molar-refractivity contribution in [1.82, 2.24) is 31.9 Å². The van der Waals surface area contributed by atoms with Crippen molar-refractivity contribution in [2.45, 2.75) is 100 Å². The zero-order valence-corrected chi connectivity index (χ0v) is 48.7. The Kier molecular flexibility index (Phi) is 20.9. The van der Waals surface area contributed by atoms with Crippen molar-refractivity contribution in [3.63, 3.8) is 0 Å². The number of benzene rings is 7. The quantitative estimate of drug-likeness (QED) is 0.0299. The van der Waals surface area contributed by atoms with Crippen LogP contribution in [0.1, 0.15) is 85.9 Å². The molecule has 0 saturated heterocycles. The SMILES string of the molecule is CC[C@H](NC(=O)[C@H](CNC(=O)[C@H](Cc1ccccc1)NC(=O)[C@@H](Cc1ccccc1)NC(=O)OCC1c2ccccc2-c2ccccc21)NC(=O)OC(C)(C)C)C(=O)N[C@@H](CSC(c1ccccc1)(c1ccccc1)c1ccccc1)C(C)=O. The second kappa shape index (κ2) is 28.8. The third kappa shape index (κ3) is 15.9. The highest BCUT2D eigenvalue weighted by molar-refractivity contribution is 8.00. The Morgan fingerprint density at radius 1 is 0.464 bits per heavy atom. The van der Waals surface area contributed by atoms with E-state index < -0.39 is 82.9 Å². The van der Waals surface area contributed by atoms with Gasteiger partial charge in [0.1, 0.15) is 36.4 Å². The molecule has 0 spiro atoms. The highest BCUT2D eigenvalue weighted by Gasteiger charge is 2.39. The Bertz CT molecular complexity index is 3220. The monoisotopic (exact) mass is 1150 g/mol. The number of nitrogens with one attached hydrogen (secondary N) is 6. The zero-order valence-electron chi connectivity index (χ0n) is 47.8. The van der Waals surface area contributed by atoms with Gasteiger partial charge in [-0.2, -0.15) is 0 Å². The first-order chi connectivity index (χ1) is 40.5. The van der Waals surface area contributed by atoms with Gasteiger partial charge in [0.15, 0.2) is 5.78 Å². The van der Waals surface area contributed by atoms with Gasteiger partial charge in [0.2, 0.25) is 23.6 Å². The van der Waals surface area contributed by atoms with Crippen molar-refractivity contribution >= 4 is 53.4 Å². The fourth-order valence-corrected chi connectivity index (χ4v) is 11.9. The molecule has 434 valence electrons. The predicted molar refractivity (Wildman–Crippen MR) is 327 cm³/mol. The summed E-state index contributed by atoms with van der Waals surface area (Å²) in [5.74, 6) is -3.27. The fourth-order valence-electron chi connectivity index (χ4n) is 10.3. The molecule has 0 unspecified atom stereocenters. The number of hydrogen-bond acceptors (Lipinski definition) is 10. The van der Waals surface area contributed by atoms with E-state index in [1.165, 1.54) is 18.7 Å². The van der Waals surface area contributed by atoms with E-state index in [0.29, 0.717) is 5.56 Å². The van der Waals surface area contributed by atoms with E-state index in [-0.39, 0.29) is 43.3 Å². The topological polar surface area (TPSA) is 210 Å². The number of ketones is 1. The van der Waals surface area contributed by atoms with Gasteiger partial charge in [-0.3, -0.25) is 24.0 Å². The lowest BCUT2D eigenvalue weighted by atomic mass is 9.84. The molecule has 7 aromatic carbocycles. The van der Waals surface area contributed by atoms with Gasteiger partial charge < -0.3 is 41.4 Å². The summed E-state index contributed by atoms with van der Waals surface area (Å²) in [7, 11) is 0. The molecule has 0 aromatic heterocycles. The minimum absolute atomic E-state index is 0.00534. The molecule has 0 heterocycles. The summed E-state index contributed by atoms with van der Waals surface area (Å²) in [6.07, 6.45) is -1.67. The van der Waals surface area contributed by atoms with E-state index >= 15 is 0 Å². The maximum atomic E-state index is 14.6. The van der Waals surface area contributed by atoms with E-state index in [1.54, 1.807) is 52.0 Å². The van der Waals surface area contributed by atoms with Crippen molar-refractivity contribution in [3.05, 3.63) is 239 Å². The molecule has 6 amide bonds. The molecule has 1 aliphatic carbocycles. The third-order valence-electron chi connectivity index (χ3n) is 14.5. The Balaban J connectivity index is 0.976. The summed E-state index contributed by atoms with van der Waals surface area (Å²) >= 11 is 1.50. The molecule has 5 atom stereocenters. The maximum Gasteiger partial charge on any atom is 0.408 e.